The van der Waals surface area contributed by atoms with Gasteiger partial charge in [-0.1, -0.05) is 18.2 Å². The maximum absolute atomic E-state index is 13.5. The first kappa shape index (κ1) is 31.6. The van der Waals surface area contributed by atoms with E-state index in [0.717, 1.165) is 33.5 Å². The van der Waals surface area contributed by atoms with Gasteiger partial charge in [0.15, 0.2) is 0 Å². The van der Waals surface area contributed by atoms with E-state index < -0.39 is 24.0 Å². The zero-order valence-corrected chi connectivity index (χ0v) is 26.1. The monoisotopic (exact) mass is 625 g/mol. The predicted molar refractivity (Wildman–Crippen MR) is 175 cm³/mol. The van der Waals surface area contributed by atoms with Crippen LogP contribution in [0.1, 0.15) is 54.5 Å². The summed E-state index contributed by atoms with van der Waals surface area (Å²) in [5.74, 6) is -1.98. The van der Waals surface area contributed by atoms with E-state index in [1.54, 1.807) is 55.9 Å². The van der Waals surface area contributed by atoms with Crippen molar-refractivity contribution in [3.8, 4) is 21.7 Å². The van der Waals surface area contributed by atoms with Crippen LogP contribution in [0.4, 0.5) is 5.69 Å². The maximum Gasteiger partial charge on any atom is 0.322 e. The normalized spacial score (nSPS) is 14.4. The van der Waals surface area contributed by atoms with Gasteiger partial charge < -0.3 is 25.7 Å². The van der Waals surface area contributed by atoms with Gasteiger partial charge in [-0.15, -0.1) is 11.3 Å². The van der Waals surface area contributed by atoms with Crippen LogP contribution in [0.15, 0.2) is 66.3 Å². The number of hydrogen-bond acceptors (Lipinski definition) is 8. The molecule has 4 N–H and O–H groups in total. The van der Waals surface area contributed by atoms with Gasteiger partial charge in [0.1, 0.15) is 17.2 Å². The van der Waals surface area contributed by atoms with Gasteiger partial charge in [-0.25, -0.2) is 4.98 Å². The van der Waals surface area contributed by atoms with E-state index in [9.17, 15) is 19.5 Å². The second-order valence-corrected chi connectivity index (χ2v) is 12.5. The Balaban J connectivity index is 1.52. The lowest BCUT2D eigenvalue weighted by Crippen LogP contribution is -2.34. The molecule has 1 aliphatic rings. The Morgan fingerprint density at radius 2 is 1.84 bits per heavy atom. The maximum atomic E-state index is 13.5. The average molecular weight is 626 g/mol. The van der Waals surface area contributed by atoms with Crippen LogP contribution in [0.5, 0.6) is 0 Å². The zero-order chi connectivity index (χ0) is 32.1. The highest BCUT2D eigenvalue weighted by molar-refractivity contribution is 7.13. The van der Waals surface area contributed by atoms with Crippen LogP contribution in [-0.4, -0.2) is 67.6 Å². The third-order valence-corrected chi connectivity index (χ3v) is 8.40. The second-order valence-electron chi connectivity index (χ2n) is 11.6. The topological polar surface area (TPSA) is 145 Å². The van der Waals surface area contributed by atoms with Crippen LogP contribution in [0.3, 0.4) is 0 Å². The summed E-state index contributed by atoms with van der Waals surface area (Å²) in [7, 11) is 0. The minimum absolute atomic E-state index is 0.200. The number of carbonyl (C=O) groups excluding carboxylic acids is 2. The number of anilines is 1. The van der Waals surface area contributed by atoms with Gasteiger partial charge in [0.05, 0.1) is 5.60 Å². The highest BCUT2D eigenvalue weighted by Gasteiger charge is 2.20. The highest BCUT2D eigenvalue weighted by atomic mass is 32.1. The first-order valence-corrected chi connectivity index (χ1v) is 15.5. The number of carboxylic acids is 1. The smallest absolute Gasteiger partial charge is 0.322 e. The number of thiazole rings is 1. The molecule has 0 saturated heterocycles. The molecule has 2 aromatic carbocycles. The molecule has 5 rings (SSSR count). The Bertz CT molecular complexity index is 1830. The lowest BCUT2D eigenvalue weighted by molar-refractivity contribution is -0.135. The van der Waals surface area contributed by atoms with E-state index >= 15 is 0 Å². The highest BCUT2D eigenvalue weighted by Crippen LogP contribution is 2.28. The molecule has 10 nitrogen and oxygen atoms in total. The van der Waals surface area contributed by atoms with Crippen LogP contribution in [-0.2, 0) is 4.79 Å². The first-order valence-electron chi connectivity index (χ1n) is 14.6. The quantitative estimate of drug-likeness (QED) is 0.209. The molecule has 45 heavy (non-hydrogen) atoms. The summed E-state index contributed by atoms with van der Waals surface area (Å²) in [4.78, 5) is 47.7. The minimum Gasteiger partial charge on any atom is -0.480 e. The van der Waals surface area contributed by atoms with Crippen LogP contribution in [0.25, 0.3) is 34.0 Å². The van der Waals surface area contributed by atoms with Crippen LogP contribution >= 0.6 is 11.3 Å². The molecule has 0 bridgehead atoms. The molecular weight excluding hydrogens is 590 g/mol. The van der Waals surface area contributed by atoms with Gasteiger partial charge in [0.2, 0.25) is 0 Å². The molecule has 0 aliphatic carbocycles. The summed E-state index contributed by atoms with van der Waals surface area (Å²) in [5, 5.41) is 29.0. The summed E-state index contributed by atoms with van der Waals surface area (Å²) < 4.78 is 0. The number of pyridine rings is 1. The Morgan fingerprint density at radius 1 is 1.07 bits per heavy atom. The number of carbonyl (C=O) groups is 3. The third-order valence-electron chi connectivity index (χ3n) is 7.51. The van der Waals surface area contributed by atoms with E-state index in [1.165, 1.54) is 11.3 Å². The number of amides is 2. The van der Waals surface area contributed by atoms with Crippen molar-refractivity contribution < 1.29 is 24.6 Å². The van der Waals surface area contributed by atoms with Gasteiger partial charge in [0.25, 0.3) is 11.8 Å². The second kappa shape index (κ2) is 13.4. The van der Waals surface area contributed by atoms with Crippen molar-refractivity contribution in [2.24, 2.45) is 0 Å². The fourth-order valence-electron chi connectivity index (χ4n) is 4.94. The summed E-state index contributed by atoms with van der Waals surface area (Å²) in [6, 6.07) is 14.7. The van der Waals surface area contributed by atoms with Gasteiger partial charge in [-0.2, -0.15) is 0 Å². The lowest BCUT2D eigenvalue weighted by Gasteiger charge is -2.29. The van der Waals surface area contributed by atoms with E-state index in [0.29, 0.717) is 29.2 Å². The molecule has 1 atom stereocenters. The molecular formula is C34H35N5O5S. The number of aliphatic hydroxyl groups is 1. The standard InChI is InChI=1S/C34H35N5O5S/c1-21-6-7-24-15-27(22-8-10-23(11-9-22)31(42)36-18-30(40)41)28(16-26(24)19-39(21)14-12-34(2,3)44)37-32(43)29-20-45-33(38-29)25-5-4-13-35-17-25/h4-5,7-11,13,15-17,19-21,44H,6,12,14,18H2,1-3H3,(H,36,42)(H,37,43)(H,40,41). The van der Waals surface area contributed by atoms with Crippen LogP contribution in [0, 0.1) is 0 Å². The van der Waals surface area contributed by atoms with Crippen molar-refractivity contribution in [1.82, 2.24) is 20.2 Å². The molecule has 4 aromatic rings. The predicted octanol–water partition coefficient (Wildman–Crippen LogP) is 3.71. The lowest BCUT2D eigenvalue weighted by atomic mass is 9.99. The Kier molecular flexibility index (Phi) is 9.40. The van der Waals surface area contributed by atoms with Crippen molar-refractivity contribution in [3.63, 3.8) is 0 Å². The summed E-state index contributed by atoms with van der Waals surface area (Å²) in [5.41, 5.74) is 2.72. The number of aliphatic carboxylic acids is 1. The number of fused-ring (bicyclic) bond motifs is 1. The Labute approximate surface area is 264 Å². The van der Waals surface area contributed by atoms with Gasteiger partial charge in [-0.05, 0) is 86.0 Å². The number of benzene rings is 2. The molecule has 3 heterocycles. The molecule has 1 aliphatic heterocycles. The van der Waals surface area contributed by atoms with Crippen LogP contribution in [0.2, 0.25) is 0 Å². The minimum atomic E-state index is -1.13. The fraction of sp³-hybridized carbons (Fsp3) is 0.265. The molecule has 0 fully saturated rings. The Hall–Kier alpha value is -4.87. The number of carboxylic acid groups (broad SMARTS) is 1. The molecule has 2 aromatic heterocycles. The van der Waals surface area contributed by atoms with E-state index in [4.69, 9.17) is 5.11 Å². The third kappa shape index (κ3) is 8.00. The average Bonchev–Trinajstić information content (AvgIpc) is 3.46. The largest absolute Gasteiger partial charge is 0.480 e. The van der Waals surface area contributed by atoms with E-state index in [1.807, 2.05) is 24.3 Å². The number of aromatic nitrogens is 2. The molecule has 0 saturated carbocycles. The molecule has 0 radical (unpaired) electrons. The summed E-state index contributed by atoms with van der Waals surface area (Å²) in [6.45, 7) is 5.94. The van der Waals surface area contributed by atoms with Crippen molar-refractivity contribution >= 4 is 47.1 Å². The Morgan fingerprint density at radius 3 is 2.53 bits per heavy atom. The van der Waals surface area contributed by atoms with Crippen molar-refractivity contribution in [3.05, 3.63) is 88.0 Å². The van der Waals surface area contributed by atoms with Gasteiger partial charge in [0, 0.05) is 58.9 Å². The fourth-order valence-corrected chi connectivity index (χ4v) is 5.73. The molecule has 11 heteroatoms. The van der Waals surface area contributed by atoms with Crippen molar-refractivity contribution in [1.29, 1.82) is 0 Å². The number of nitrogens with one attached hydrogen (secondary N) is 2. The SMILES string of the molecule is CC1CC=c2cc(-c3ccc(C(=O)NCC(=O)O)cc3)c(NC(=O)c3csc(-c4cccnc4)n3)cc2=CN1CCC(C)(C)O. The van der Waals surface area contributed by atoms with E-state index in [-0.39, 0.29) is 17.6 Å². The molecule has 232 valence electrons. The zero-order valence-electron chi connectivity index (χ0n) is 25.3. The van der Waals surface area contributed by atoms with Gasteiger partial charge >= 0.3 is 5.97 Å². The number of rotatable bonds is 10. The van der Waals surface area contributed by atoms with E-state index in [2.05, 4.69) is 44.7 Å². The van der Waals surface area contributed by atoms with Crippen LogP contribution < -0.4 is 21.1 Å². The summed E-state index contributed by atoms with van der Waals surface area (Å²) in [6.07, 6.45) is 9.02. The number of hydrogen-bond donors (Lipinski definition) is 4. The number of nitrogens with zero attached hydrogens (tertiary/aromatic N) is 3. The van der Waals surface area contributed by atoms with Gasteiger partial charge in [-0.3, -0.25) is 19.4 Å². The molecule has 0 spiro atoms. The first-order chi connectivity index (χ1) is 21.5. The molecule has 2 amide bonds. The van der Waals surface area contributed by atoms with Crippen molar-refractivity contribution in [2.75, 3.05) is 18.4 Å². The van der Waals surface area contributed by atoms with Crippen molar-refractivity contribution in [2.45, 2.75) is 45.3 Å². The molecule has 1 unspecified atom stereocenters. The summed E-state index contributed by atoms with van der Waals surface area (Å²) >= 11 is 1.36.